The second-order valence-corrected chi connectivity index (χ2v) is 6.09. The number of nitrogens with one attached hydrogen (secondary N) is 1. The molecule has 2 nitrogen and oxygen atoms in total. The molecule has 1 aromatic rings. The molecule has 76 valence electrons. The molecule has 1 aliphatic rings. The molecule has 0 spiro atoms. The van der Waals surface area contributed by atoms with E-state index in [1.807, 2.05) is 0 Å². The molecule has 1 N–H and O–H groups in total. The lowest BCUT2D eigenvalue weighted by Crippen LogP contribution is -2.11. The van der Waals surface area contributed by atoms with Crippen molar-refractivity contribution in [2.45, 2.75) is 12.8 Å². The van der Waals surface area contributed by atoms with Gasteiger partial charge in [-0.1, -0.05) is 0 Å². The van der Waals surface area contributed by atoms with Gasteiger partial charge >= 0.3 is 0 Å². The molecular weight excluding hydrogens is 262 g/mol. The van der Waals surface area contributed by atoms with Crippen LogP contribution in [0.3, 0.4) is 0 Å². The molecule has 0 aliphatic carbocycles. The summed E-state index contributed by atoms with van der Waals surface area (Å²) in [5.74, 6) is 0.622. The van der Waals surface area contributed by atoms with Gasteiger partial charge in [0.05, 0.1) is 10.3 Å². The van der Waals surface area contributed by atoms with Gasteiger partial charge < -0.3 is 5.32 Å². The largest absolute Gasteiger partial charge is 0.309 e. The minimum Gasteiger partial charge on any atom is -0.309 e. The van der Waals surface area contributed by atoms with Crippen LogP contribution in [0.4, 0.5) is 0 Å². The Morgan fingerprint density at radius 1 is 1.57 bits per heavy atom. The number of hydrogen-bond acceptors (Lipinski definition) is 3. The maximum atomic E-state index is 11.3. The summed E-state index contributed by atoms with van der Waals surface area (Å²) in [5, 5.41) is 3.11. The van der Waals surface area contributed by atoms with Crippen LogP contribution in [0, 0.1) is 5.92 Å². The molecule has 1 fully saturated rings. The Hall–Kier alpha value is -0.190. The molecule has 0 bridgehead atoms. The number of aryl methyl sites for hydroxylation is 1. The first-order valence-corrected chi connectivity index (χ1v) is 6.34. The van der Waals surface area contributed by atoms with Crippen LogP contribution in [0.15, 0.2) is 15.9 Å². The number of hydrogen-bond donors (Lipinski definition) is 1. The van der Waals surface area contributed by atoms with Crippen LogP contribution in [0.1, 0.15) is 11.3 Å². The number of halogens is 1. The molecule has 1 aromatic heterocycles. The van der Waals surface area contributed by atoms with E-state index >= 15 is 0 Å². The number of carbonyl (C=O) groups excluding carboxylic acids is 1. The molecule has 1 unspecified atom stereocenters. The van der Waals surface area contributed by atoms with Crippen LogP contribution >= 0.6 is 27.3 Å². The van der Waals surface area contributed by atoms with Crippen molar-refractivity contribution in [3.8, 4) is 0 Å². The van der Waals surface area contributed by atoms with E-state index in [1.165, 1.54) is 8.66 Å². The van der Waals surface area contributed by atoms with Crippen molar-refractivity contribution in [3.63, 3.8) is 0 Å². The van der Waals surface area contributed by atoms with Crippen molar-refractivity contribution in [1.82, 2.24) is 5.32 Å². The highest BCUT2D eigenvalue weighted by atomic mass is 79.9. The van der Waals surface area contributed by atoms with E-state index in [2.05, 4.69) is 33.4 Å². The van der Waals surface area contributed by atoms with Gasteiger partial charge in [-0.15, -0.1) is 11.3 Å². The highest BCUT2D eigenvalue weighted by Gasteiger charge is 2.23. The van der Waals surface area contributed by atoms with E-state index in [1.54, 1.807) is 11.3 Å². The zero-order valence-corrected chi connectivity index (χ0v) is 10.2. The molecule has 0 aromatic carbocycles. The van der Waals surface area contributed by atoms with Crippen LogP contribution < -0.4 is 5.32 Å². The molecule has 1 aliphatic heterocycles. The van der Waals surface area contributed by atoms with E-state index in [4.69, 9.17) is 0 Å². The average molecular weight is 274 g/mol. The maximum Gasteiger partial charge on any atom is 0.150 e. The summed E-state index contributed by atoms with van der Waals surface area (Å²) in [4.78, 5) is 12.7. The van der Waals surface area contributed by atoms with Crippen molar-refractivity contribution in [2.24, 2.45) is 5.92 Å². The Kier molecular flexibility index (Phi) is 3.36. The first kappa shape index (κ1) is 10.3. The summed E-state index contributed by atoms with van der Waals surface area (Å²) < 4.78 is 1.17. The van der Waals surface area contributed by atoms with Gasteiger partial charge in [-0.2, -0.15) is 0 Å². The fraction of sp³-hybridized carbons (Fsp3) is 0.500. The summed E-state index contributed by atoms with van der Waals surface area (Å²) >= 11 is 5.19. The smallest absolute Gasteiger partial charge is 0.150 e. The maximum absolute atomic E-state index is 11.3. The summed E-state index contributed by atoms with van der Waals surface area (Å²) in [6.07, 6.45) is 2.01. The molecule has 2 heterocycles. The second-order valence-electron chi connectivity index (χ2n) is 3.54. The van der Waals surface area contributed by atoms with Crippen LogP contribution in [0.25, 0.3) is 0 Å². The van der Waals surface area contributed by atoms with Gasteiger partial charge in [-0.3, -0.25) is 4.79 Å². The molecule has 4 heteroatoms. The monoisotopic (exact) mass is 273 g/mol. The summed E-state index contributed by atoms with van der Waals surface area (Å²) in [7, 11) is 0. The van der Waals surface area contributed by atoms with Gasteiger partial charge in [-0.25, -0.2) is 0 Å². The Bertz CT molecular complexity index is 337. The first-order valence-electron chi connectivity index (χ1n) is 4.73. The summed E-state index contributed by atoms with van der Waals surface area (Å²) in [6, 6.07) is 4.19. The average Bonchev–Trinajstić information content (AvgIpc) is 2.72. The van der Waals surface area contributed by atoms with Crippen molar-refractivity contribution in [2.75, 3.05) is 13.1 Å². The minimum atomic E-state index is 0.246. The van der Waals surface area contributed by atoms with Gasteiger partial charge in [0.25, 0.3) is 0 Å². The van der Waals surface area contributed by atoms with Crippen molar-refractivity contribution in [1.29, 1.82) is 0 Å². The third kappa shape index (κ3) is 2.43. The number of rotatable bonds is 3. The number of carbonyl (C=O) groups is 1. The number of thiophene rings is 1. The van der Waals surface area contributed by atoms with E-state index in [-0.39, 0.29) is 5.92 Å². The molecule has 2 rings (SSSR count). The molecule has 1 saturated heterocycles. The zero-order valence-electron chi connectivity index (χ0n) is 7.75. The van der Waals surface area contributed by atoms with E-state index in [0.29, 0.717) is 12.3 Å². The van der Waals surface area contributed by atoms with Crippen molar-refractivity contribution >= 4 is 33.0 Å². The second kappa shape index (κ2) is 4.55. The van der Waals surface area contributed by atoms with Crippen molar-refractivity contribution in [3.05, 3.63) is 20.8 Å². The normalized spacial score (nSPS) is 21.8. The lowest BCUT2D eigenvalue weighted by molar-refractivity contribution is -0.119. The predicted molar refractivity (Wildman–Crippen MR) is 61.7 cm³/mol. The fourth-order valence-corrected chi connectivity index (χ4v) is 3.19. The Morgan fingerprint density at radius 3 is 3.00 bits per heavy atom. The molecule has 0 amide bonds. The molecule has 0 radical (unpaired) electrons. The van der Waals surface area contributed by atoms with Crippen molar-refractivity contribution < 1.29 is 4.79 Å². The zero-order chi connectivity index (χ0) is 9.97. The minimum absolute atomic E-state index is 0.246. The van der Waals surface area contributed by atoms with Gasteiger partial charge in [0.15, 0.2) is 5.78 Å². The van der Waals surface area contributed by atoms with Crippen LogP contribution in [0.5, 0.6) is 0 Å². The summed E-state index contributed by atoms with van der Waals surface area (Å²) in [5.41, 5.74) is 0. The highest BCUT2D eigenvalue weighted by Crippen LogP contribution is 2.24. The highest BCUT2D eigenvalue weighted by molar-refractivity contribution is 9.11. The Balaban J connectivity index is 1.85. The molecule has 14 heavy (non-hydrogen) atoms. The van der Waals surface area contributed by atoms with E-state index in [0.717, 1.165) is 19.4 Å². The van der Waals surface area contributed by atoms with E-state index in [9.17, 15) is 4.79 Å². The quantitative estimate of drug-likeness (QED) is 0.915. The standard InChI is InChI=1S/C10H12BrNOS/c11-10-4-3-8(14-10)2-1-7-5-12-6-9(7)13/h3-4,7,12H,1-2,5-6H2. The first-order chi connectivity index (χ1) is 6.75. The Labute approximate surface area is 95.8 Å². The fourth-order valence-electron chi connectivity index (χ4n) is 1.69. The number of Topliss-reactive ketones (excluding diaryl/α,β-unsaturated/α-hetero) is 1. The SMILES string of the molecule is O=C1CNCC1CCc1ccc(Br)s1. The van der Waals surface area contributed by atoms with Crippen LogP contribution in [-0.4, -0.2) is 18.9 Å². The molecule has 1 atom stereocenters. The predicted octanol–water partition coefficient (Wildman–Crippen LogP) is 2.23. The summed E-state index contributed by atoms with van der Waals surface area (Å²) in [6.45, 7) is 1.43. The lowest BCUT2D eigenvalue weighted by Gasteiger charge is -2.04. The number of ketones is 1. The lowest BCUT2D eigenvalue weighted by atomic mass is 10.0. The topological polar surface area (TPSA) is 29.1 Å². The Morgan fingerprint density at radius 2 is 2.43 bits per heavy atom. The van der Waals surface area contributed by atoms with Gasteiger partial charge in [0.1, 0.15) is 0 Å². The van der Waals surface area contributed by atoms with Crippen LogP contribution in [0.2, 0.25) is 0 Å². The molecule has 0 saturated carbocycles. The van der Waals surface area contributed by atoms with Crippen LogP contribution in [-0.2, 0) is 11.2 Å². The van der Waals surface area contributed by atoms with Gasteiger partial charge in [0.2, 0.25) is 0 Å². The van der Waals surface area contributed by atoms with Gasteiger partial charge in [-0.05, 0) is 40.9 Å². The third-order valence-corrected chi connectivity index (χ3v) is 4.20. The molecular formula is C10H12BrNOS. The third-order valence-electron chi connectivity index (χ3n) is 2.51. The van der Waals surface area contributed by atoms with Gasteiger partial charge in [0, 0.05) is 17.3 Å². The van der Waals surface area contributed by atoms with E-state index < -0.39 is 0 Å².